The molecule has 0 saturated heterocycles. The highest BCUT2D eigenvalue weighted by molar-refractivity contribution is 9.10. The Morgan fingerprint density at radius 2 is 1.45 bits per heavy atom. The van der Waals surface area contributed by atoms with E-state index in [4.69, 9.17) is 14.2 Å². The van der Waals surface area contributed by atoms with E-state index in [1.165, 1.54) is 48.9 Å². The third-order valence-corrected chi connectivity index (χ3v) is 26.1. The molecule has 0 unspecified atom stereocenters. The predicted octanol–water partition coefficient (Wildman–Crippen LogP) is 9.71. The van der Waals surface area contributed by atoms with E-state index in [9.17, 15) is 4.79 Å². The first-order valence-corrected chi connectivity index (χ1v) is 21.3. The minimum absolute atomic E-state index is 0.0147. The normalized spacial score (nSPS) is 19.7. The van der Waals surface area contributed by atoms with Gasteiger partial charge in [0.2, 0.25) is 12.0 Å². The van der Waals surface area contributed by atoms with Gasteiger partial charge in [0.05, 0.1) is 29.9 Å². The number of rotatable bonds is 14. The van der Waals surface area contributed by atoms with Crippen LogP contribution < -0.4 is 0 Å². The van der Waals surface area contributed by atoms with E-state index in [2.05, 4.69) is 93.9 Å². The van der Waals surface area contributed by atoms with Crippen molar-refractivity contribution in [3.8, 4) is 0 Å². The summed E-state index contributed by atoms with van der Waals surface area (Å²) < 4.78 is 19.6. The first-order valence-electron chi connectivity index (χ1n) is 15.2. The van der Waals surface area contributed by atoms with E-state index < -0.39 is 28.4 Å². The van der Waals surface area contributed by atoms with Crippen LogP contribution in [0, 0.1) is 5.92 Å². The maximum atomic E-state index is 13.0. The lowest BCUT2D eigenvalue weighted by Gasteiger charge is -2.55. The molecule has 4 nitrogen and oxygen atoms in total. The van der Waals surface area contributed by atoms with Crippen molar-refractivity contribution in [1.82, 2.24) is 0 Å². The summed E-state index contributed by atoms with van der Waals surface area (Å²) in [5, 5.41) is 0.570. The lowest BCUT2D eigenvalue weighted by Crippen LogP contribution is -2.59. The molecule has 3 rings (SSSR count). The molecule has 1 aliphatic heterocycles. The number of carbonyl (C=O) groups excluding carboxylic acids is 1. The van der Waals surface area contributed by atoms with Gasteiger partial charge in [-0.3, -0.25) is 0 Å². The quantitative estimate of drug-likeness (QED) is 0.152. The van der Waals surface area contributed by atoms with Crippen LogP contribution in [-0.4, -0.2) is 35.5 Å². The van der Waals surface area contributed by atoms with Crippen LogP contribution in [0.4, 0.5) is 0 Å². The molecule has 0 aliphatic carbocycles. The van der Waals surface area contributed by atoms with E-state index in [-0.39, 0.29) is 17.6 Å². The van der Waals surface area contributed by atoms with Crippen LogP contribution in [0.15, 0.2) is 70.9 Å². The number of ether oxygens (including phenoxy) is 3. The fraction of sp³-hybridized carbons (Fsp3) is 0.545. The summed E-state index contributed by atoms with van der Waals surface area (Å²) in [5.74, 6) is -0.0871. The molecule has 0 N–H and O–H groups in total. The van der Waals surface area contributed by atoms with Gasteiger partial charge >= 0.3 is 5.97 Å². The van der Waals surface area contributed by atoms with Crippen molar-refractivity contribution in [3.05, 3.63) is 82.0 Å². The van der Waals surface area contributed by atoms with Crippen molar-refractivity contribution < 1.29 is 19.0 Å². The topological polar surface area (TPSA) is 44.8 Å². The molecule has 0 aromatic heterocycles. The van der Waals surface area contributed by atoms with Gasteiger partial charge in [0.25, 0.3) is 0 Å². The summed E-state index contributed by atoms with van der Waals surface area (Å²) >= 11 is 3.72. The van der Waals surface area contributed by atoms with Gasteiger partial charge in [0.1, 0.15) is 0 Å². The van der Waals surface area contributed by atoms with Gasteiger partial charge in [-0.1, -0.05) is 136 Å². The van der Waals surface area contributed by atoms with Gasteiger partial charge in [-0.25, -0.2) is 4.79 Å². The highest BCUT2D eigenvalue weighted by atomic mass is 79.9. The second-order valence-corrected chi connectivity index (χ2v) is 23.7. The van der Waals surface area contributed by atoms with Crippen molar-refractivity contribution >= 4 is 38.0 Å². The minimum Gasteiger partial charge on any atom is -0.463 e. The summed E-state index contributed by atoms with van der Waals surface area (Å²) in [6, 6.07) is 26.3. The van der Waals surface area contributed by atoms with Crippen molar-refractivity contribution in [3.63, 3.8) is 0 Å². The van der Waals surface area contributed by atoms with Crippen molar-refractivity contribution in [2.45, 2.75) is 102 Å². The molecular weight excluding hydrogens is 596 g/mol. The molecule has 2 aromatic carbocycles. The van der Waals surface area contributed by atoms with E-state index in [1.54, 1.807) is 0 Å². The second-order valence-electron chi connectivity index (χ2n) is 11.3. The van der Waals surface area contributed by atoms with Crippen molar-refractivity contribution in [2.24, 2.45) is 5.92 Å². The molecule has 2 aromatic rings. The van der Waals surface area contributed by atoms with Crippen LogP contribution in [0.5, 0.6) is 0 Å². The van der Waals surface area contributed by atoms with Crippen LogP contribution in [0.3, 0.4) is 0 Å². The molecule has 1 heterocycles. The minimum atomic E-state index is -1.78. The molecule has 0 radical (unpaired) electrons. The molecule has 220 valence electrons. The first-order chi connectivity index (χ1) is 19.3. The summed E-state index contributed by atoms with van der Waals surface area (Å²) in [7, 11) is -2.15. The van der Waals surface area contributed by atoms with Crippen LogP contribution in [-0.2, 0) is 25.6 Å². The van der Waals surface area contributed by atoms with Crippen molar-refractivity contribution in [1.29, 1.82) is 0 Å². The zero-order valence-electron chi connectivity index (χ0n) is 25.5. The number of methoxy groups -OCH3 is 1. The molecule has 0 bridgehead atoms. The molecule has 0 saturated carbocycles. The monoisotopic (exact) mass is 644 g/mol. The van der Waals surface area contributed by atoms with Gasteiger partial charge in [-0.05, 0) is 34.5 Å². The standard InChI is InChI=1S/C33H49BrO4Si2/c1-8-39(9-2,10-3)33(40(11-4,12-5)13-6)30-28(26-20-17-21-27(34)22-26)23-29(31(35)36-7)38-32(30)37-24-25-18-15-14-16-19-25/h14-23,28,30,32-33H,8-13,24H2,1-7H3/t28-,30-,32+/m1/s1. The average molecular weight is 646 g/mol. The second kappa shape index (κ2) is 15.0. The molecule has 40 heavy (non-hydrogen) atoms. The molecule has 1 aliphatic rings. The molecule has 0 fully saturated rings. The Morgan fingerprint density at radius 3 is 1.95 bits per heavy atom. The molecule has 0 spiro atoms. The maximum absolute atomic E-state index is 13.0. The number of carbonyl (C=O) groups is 1. The summed E-state index contributed by atoms with van der Waals surface area (Å²) in [6.45, 7) is 15.0. The van der Waals surface area contributed by atoms with Gasteiger partial charge in [0.15, 0.2) is 0 Å². The number of allylic oxidation sites excluding steroid dienone is 1. The zero-order chi connectivity index (χ0) is 29.3. The largest absolute Gasteiger partial charge is 0.463 e. The van der Waals surface area contributed by atoms with Gasteiger partial charge in [-0.2, -0.15) is 0 Å². The molecule has 0 amide bonds. The van der Waals surface area contributed by atoms with Crippen LogP contribution >= 0.6 is 15.9 Å². The number of hydrogen-bond donors (Lipinski definition) is 0. The van der Waals surface area contributed by atoms with Crippen LogP contribution in [0.25, 0.3) is 0 Å². The highest BCUT2D eigenvalue weighted by Gasteiger charge is 2.57. The Balaban J connectivity index is 2.32. The molecular formula is C33H49BrO4Si2. The molecule has 7 heteroatoms. The zero-order valence-corrected chi connectivity index (χ0v) is 29.1. The van der Waals surface area contributed by atoms with Crippen LogP contribution in [0.1, 0.15) is 58.6 Å². The van der Waals surface area contributed by atoms with E-state index in [0.29, 0.717) is 11.8 Å². The van der Waals surface area contributed by atoms with E-state index in [0.717, 1.165) is 10.0 Å². The van der Waals surface area contributed by atoms with E-state index in [1.807, 2.05) is 24.3 Å². The van der Waals surface area contributed by atoms with Gasteiger partial charge < -0.3 is 14.2 Å². The predicted molar refractivity (Wildman–Crippen MR) is 175 cm³/mol. The SMILES string of the molecule is CC[Si](CC)(CC)C([C@H]1[C@@H](OCc2ccccc2)OC(C(=O)OC)=C[C@@H]1c1cccc(Br)c1)[Si](CC)(CC)CC. The number of halogens is 1. The number of esters is 1. The van der Waals surface area contributed by atoms with Gasteiger partial charge in [-0.15, -0.1) is 0 Å². The third-order valence-electron chi connectivity index (χ3n) is 10.1. The first kappa shape index (κ1) is 32.8. The number of benzene rings is 2. The smallest absolute Gasteiger partial charge is 0.373 e. The number of hydrogen-bond acceptors (Lipinski definition) is 4. The Hall–Kier alpha value is -1.68. The Labute approximate surface area is 253 Å². The fourth-order valence-electron chi connectivity index (χ4n) is 7.48. The molecule has 3 atom stereocenters. The lowest BCUT2D eigenvalue weighted by molar-refractivity contribution is -0.178. The maximum Gasteiger partial charge on any atom is 0.373 e. The third kappa shape index (κ3) is 6.85. The average Bonchev–Trinajstić information content (AvgIpc) is 3.00. The summed E-state index contributed by atoms with van der Waals surface area (Å²) in [4.78, 5) is 13.0. The van der Waals surface area contributed by atoms with Crippen LogP contribution in [0.2, 0.25) is 41.4 Å². The Kier molecular flexibility index (Phi) is 12.3. The lowest BCUT2D eigenvalue weighted by atomic mass is 9.84. The summed E-state index contributed by atoms with van der Waals surface area (Å²) in [6.07, 6.45) is 1.51. The Morgan fingerprint density at radius 1 is 0.875 bits per heavy atom. The summed E-state index contributed by atoms with van der Waals surface area (Å²) in [5.41, 5.74) is 2.30. The highest BCUT2D eigenvalue weighted by Crippen LogP contribution is 2.56. The van der Waals surface area contributed by atoms with Crippen molar-refractivity contribution in [2.75, 3.05) is 7.11 Å². The Bertz CT molecular complexity index is 1080. The fourth-order valence-corrected chi connectivity index (χ4v) is 24.8. The van der Waals surface area contributed by atoms with Gasteiger partial charge in [0, 0.05) is 16.3 Å². The van der Waals surface area contributed by atoms with E-state index >= 15 is 0 Å².